The van der Waals surface area contributed by atoms with Crippen molar-refractivity contribution in [2.75, 3.05) is 12.3 Å². The lowest BCUT2D eigenvalue weighted by Crippen LogP contribution is -2.68. The summed E-state index contributed by atoms with van der Waals surface area (Å²) in [7, 11) is 0. The number of rotatable bonds is 4. The van der Waals surface area contributed by atoms with Crippen molar-refractivity contribution in [2.45, 2.75) is 30.6 Å². The van der Waals surface area contributed by atoms with E-state index in [0.717, 1.165) is 15.9 Å². The maximum absolute atomic E-state index is 13.0. The molecular weight excluding hydrogens is 503 g/mol. The molecule has 4 heterocycles. The molecule has 36 heavy (non-hydrogen) atoms. The van der Waals surface area contributed by atoms with Crippen LogP contribution in [0, 0.1) is 0 Å². The minimum Gasteiger partial charge on any atom is -0.382 e. The normalized spacial score (nSPS) is 23.4. The van der Waals surface area contributed by atoms with E-state index in [2.05, 4.69) is 14.7 Å². The SMILES string of the molecule is N[C@@H]1C(=O)N2C(C(=O)OC(=O)C(F)(F)F)=C(/C=C3\CCN(Cc4nc5ccccc5[nH]4)C3=O)CS[C@H]12. The largest absolute Gasteiger partial charge is 0.491 e. The highest BCUT2D eigenvalue weighted by atomic mass is 32.2. The van der Waals surface area contributed by atoms with E-state index in [-0.39, 0.29) is 23.8 Å². The number of hydrogen-bond donors (Lipinski definition) is 2. The Bertz CT molecular complexity index is 1330. The first-order valence-corrected chi connectivity index (χ1v) is 11.8. The van der Waals surface area contributed by atoms with Gasteiger partial charge in [-0.1, -0.05) is 12.1 Å². The predicted octanol–water partition coefficient (Wildman–Crippen LogP) is 1.35. The quantitative estimate of drug-likeness (QED) is 0.266. The molecule has 5 rings (SSSR count). The van der Waals surface area contributed by atoms with Crippen LogP contribution in [-0.2, 0) is 30.5 Å². The fourth-order valence-corrected chi connectivity index (χ4v) is 5.51. The van der Waals surface area contributed by atoms with Crippen LogP contribution < -0.4 is 5.73 Å². The summed E-state index contributed by atoms with van der Waals surface area (Å²) in [5, 5.41) is -0.688. The van der Waals surface area contributed by atoms with Gasteiger partial charge in [0.2, 0.25) is 11.8 Å². The van der Waals surface area contributed by atoms with Crippen molar-refractivity contribution in [1.29, 1.82) is 0 Å². The van der Waals surface area contributed by atoms with Crippen LogP contribution in [0.15, 0.2) is 47.2 Å². The third kappa shape index (κ3) is 4.15. The van der Waals surface area contributed by atoms with Crippen LogP contribution >= 0.6 is 11.8 Å². The summed E-state index contributed by atoms with van der Waals surface area (Å²) in [6, 6.07) is 6.44. The summed E-state index contributed by atoms with van der Waals surface area (Å²) in [4.78, 5) is 59.2. The number of ether oxygens (including phenoxy) is 1. The molecule has 3 aliphatic rings. The van der Waals surface area contributed by atoms with E-state index in [4.69, 9.17) is 5.73 Å². The number of β-lactam (4-membered cyclic amide) rings is 1. The van der Waals surface area contributed by atoms with E-state index < -0.39 is 41.1 Å². The zero-order chi connectivity index (χ0) is 25.8. The number of allylic oxidation sites excluding steroid dienone is 1. The van der Waals surface area contributed by atoms with Crippen LogP contribution in [0.3, 0.4) is 0 Å². The molecule has 3 N–H and O–H groups in total. The Kier molecular flexibility index (Phi) is 5.87. The van der Waals surface area contributed by atoms with Crippen molar-refractivity contribution in [3.05, 3.63) is 53.0 Å². The molecule has 10 nitrogen and oxygen atoms in total. The number of amides is 2. The highest BCUT2D eigenvalue weighted by Crippen LogP contribution is 2.41. The average Bonchev–Trinajstić information content (AvgIpc) is 3.40. The number of H-pyrrole nitrogens is 1. The Morgan fingerprint density at radius 3 is 2.75 bits per heavy atom. The Labute approximate surface area is 205 Å². The van der Waals surface area contributed by atoms with Gasteiger partial charge in [0.05, 0.1) is 17.6 Å². The molecule has 2 amide bonds. The fourth-order valence-electron chi connectivity index (χ4n) is 4.25. The zero-order valence-electron chi connectivity index (χ0n) is 18.4. The Balaban J connectivity index is 1.41. The van der Waals surface area contributed by atoms with Gasteiger partial charge in [-0.15, -0.1) is 11.8 Å². The third-order valence-electron chi connectivity index (χ3n) is 5.99. The van der Waals surface area contributed by atoms with E-state index in [1.54, 1.807) is 4.90 Å². The van der Waals surface area contributed by atoms with Gasteiger partial charge in [-0.3, -0.25) is 14.5 Å². The molecule has 0 unspecified atom stereocenters. The number of benzene rings is 1. The Morgan fingerprint density at radius 1 is 1.28 bits per heavy atom. The van der Waals surface area contributed by atoms with Crippen LogP contribution in [0.4, 0.5) is 13.2 Å². The highest BCUT2D eigenvalue weighted by Gasteiger charge is 2.53. The van der Waals surface area contributed by atoms with Crippen LogP contribution in [0.5, 0.6) is 0 Å². The molecule has 3 aliphatic heterocycles. The van der Waals surface area contributed by atoms with Gasteiger partial charge >= 0.3 is 18.1 Å². The number of esters is 2. The molecule has 14 heteroatoms. The maximum atomic E-state index is 13.0. The molecule has 1 aromatic carbocycles. The minimum absolute atomic E-state index is 0.0765. The molecule has 0 radical (unpaired) electrons. The van der Waals surface area contributed by atoms with Gasteiger partial charge in [0.25, 0.3) is 0 Å². The van der Waals surface area contributed by atoms with E-state index in [1.165, 1.54) is 17.8 Å². The van der Waals surface area contributed by atoms with Crippen molar-refractivity contribution < 1.29 is 37.1 Å². The fraction of sp³-hybridized carbons (Fsp3) is 0.318. The molecule has 2 aromatic rings. The lowest BCUT2D eigenvalue weighted by Gasteiger charge is -2.48. The lowest BCUT2D eigenvalue weighted by atomic mass is 10.0. The number of carbonyl (C=O) groups is 4. The smallest absolute Gasteiger partial charge is 0.382 e. The summed E-state index contributed by atoms with van der Waals surface area (Å²) in [5.41, 5.74) is 7.20. The average molecular weight is 521 g/mol. The minimum atomic E-state index is -5.40. The van der Waals surface area contributed by atoms with Crippen molar-refractivity contribution in [2.24, 2.45) is 5.73 Å². The van der Waals surface area contributed by atoms with Crippen LogP contribution in [0.2, 0.25) is 0 Å². The number of halogens is 3. The van der Waals surface area contributed by atoms with Gasteiger partial charge in [0.1, 0.15) is 22.9 Å². The topological polar surface area (TPSA) is 139 Å². The molecular formula is C22H18F3N5O5S. The molecule has 2 atom stereocenters. The first-order chi connectivity index (χ1) is 17.0. The summed E-state index contributed by atoms with van der Waals surface area (Å²) in [6.45, 7) is 0.555. The molecule has 188 valence electrons. The van der Waals surface area contributed by atoms with Gasteiger partial charge in [-0.2, -0.15) is 13.2 Å². The summed E-state index contributed by atoms with van der Waals surface area (Å²) >= 11 is 1.19. The van der Waals surface area contributed by atoms with Crippen LogP contribution in [-0.4, -0.2) is 73.4 Å². The number of para-hydroxylation sites is 2. The van der Waals surface area contributed by atoms with Gasteiger partial charge in [0, 0.05) is 17.9 Å². The maximum Gasteiger partial charge on any atom is 0.491 e. The van der Waals surface area contributed by atoms with Crippen molar-refractivity contribution in [3.8, 4) is 0 Å². The number of nitrogens with one attached hydrogen (secondary N) is 1. The van der Waals surface area contributed by atoms with Gasteiger partial charge < -0.3 is 20.4 Å². The van der Waals surface area contributed by atoms with Gasteiger partial charge in [0.15, 0.2) is 0 Å². The Hall–Kier alpha value is -3.65. The molecule has 0 saturated carbocycles. The monoisotopic (exact) mass is 521 g/mol. The molecule has 0 spiro atoms. The number of alkyl halides is 3. The number of likely N-dealkylation sites (tertiary alicyclic amines) is 1. The van der Waals surface area contributed by atoms with Crippen molar-refractivity contribution in [3.63, 3.8) is 0 Å². The number of aromatic amines is 1. The van der Waals surface area contributed by atoms with E-state index in [0.29, 0.717) is 24.4 Å². The van der Waals surface area contributed by atoms with Crippen LogP contribution in [0.1, 0.15) is 12.2 Å². The predicted molar refractivity (Wildman–Crippen MR) is 119 cm³/mol. The number of nitrogens with zero attached hydrogens (tertiary/aromatic N) is 3. The van der Waals surface area contributed by atoms with E-state index in [9.17, 15) is 32.3 Å². The lowest BCUT2D eigenvalue weighted by molar-refractivity contribution is -0.201. The summed E-state index contributed by atoms with van der Waals surface area (Å²) in [6.07, 6.45) is -3.73. The van der Waals surface area contributed by atoms with E-state index >= 15 is 0 Å². The van der Waals surface area contributed by atoms with Gasteiger partial charge in [-0.05, 0) is 30.2 Å². The molecule has 2 fully saturated rings. The first kappa shape index (κ1) is 24.1. The molecule has 2 saturated heterocycles. The number of thioether (sulfide) groups is 1. The summed E-state index contributed by atoms with van der Waals surface area (Å²) < 4.78 is 42.0. The summed E-state index contributed by atoms with van der Waals surface area (Å²) in [5.74, 6) is -4.71. The van der Waals surface area contributed by atoms with Crippen LogP contribution in [0.25, 0.3) is 11.0 Å². The number of aromatic nitrogens is 2. The number of imidazole rings is 1. The molecule has 1 aromatic heterocycles. The Morgan fingerprint density at radius 2 is 2.03 bits per heavy atom. The number of hydrogen-bond acceptors (Lipinski definition) is 8. The molecule has 0 bridgehead atoms. The van der Waals surface area contributed by atoms with Crippen molar-refractivity contribution >= 4 is 46.5 Å². The van der Waals surface area contributed by atoms with Gasteiger partial charge in [-0.25, -0.2) is 14.6 Å². The zero-order valence-corrected chi connectivity index (χ0v) is 19.2. The highest BCUT2D eigenvalue weighted by molar-refractivity contribution is 8.00. The second-order valence-electron chi connectivity index (χ2n) is 8.33. The van der Waals surface area contributed by atoms with Crippen molar-refractivity contribution in [1.82, 2.24) is 19.8 Å². The second-order valence-corrected chi connectivity index (χ2v) is 9.44. The standard InChI is InChI=1S/C22H18F3N5O5S/c23-22(24,25)21(34)35-20(33)16-11(9-36-19-15(26)18(32)30(16)19)7-10-5-6-29(17(10)31)8-14-27-12-3-1-2-4-13(12)28-14/h1-4,7,15,19H,5-6,8-9,26H2,(H,27,28)/b10-7+/t15-,19-/m1/s1. The second kappa shape index (κ2) is 8.78. The number of fused-ring (bicyclic) bond motifs is 2. The van der Waals surface area contributed by atoms with E-state index in [1.807, 2.05) is 24.3 Å². The number of carbonyl (C=O) groups excluding carboxylic acids is 4. The first-order valence-electron chi connectivity index (χ1n) is 10.7. The number of nitrogens with two attached hydrogens (primary N) is 1. The third-order valence-corrected chi connectivity index (χ3v) is 7.31. The molecule has 0 aliphatic carbocycles.